The van der Waals surface area contributed by atoms with Crippen molar-refractivity contribution in [2.24, 2.45) is 28.6 Å². The third-order valence-electron chi connectivity index (χ3n) is 9.38. The van der Waals surface area contributed by atoms with E-state index in [1.54, 1.807) is 12.2 Å². The third kappa shape index (κ3) is 2.29. The third-order valence-corrected chi connectivity index (χ3v) is 9.38. The SMILES string of the molecule is CC(=O)OCC(=O)[C@@]1(O)[C@H](C)C[C@H]2[C@@H]3C=C(O)C4=CC(=O)CC[C@]4(C)[C@@]34O[C@H]4C[C@@]21C. The van der Waals surface area contributed by atoms with Crippen LogP contribution in [0.4, 0.5) is 0 Å². The Kier molecular flexibility index (Phi) is 4.09. The van der Waals surface area contributed by atoms with Crippen molar-refractivity contribution in [2.75, 3.05) is 6.61 Å². The number of carbonyl (C=O) groups is 3. The van der Waals surface area contributed by atoms with Crippen LogP contribution < -0.4 is 0 Å². The lowest BCUT2D eigenvalue weighted by atomic mass is 9.47. The Morgan fingerprint density at radius 3 is 2.71 bits per heavy atom. The average Bonchev–Trinajstić information content (AvgIpc) is 3.38. The van der Waals surface area contributed by atoms with Gasteiger partial charge in [0.2, 0.25) is 5.78 Å². The molecule has 168 valence electrons. The first kappa shape index (κ1) is 20.9. The minimum atomic E-state index is -1.64. The predicted molar refractivity (Wildman–Crippen MR) is 109 cm³/mol. The predicted octanol–water partition coefficient (Wildman–Crippen LogP) is 2.42. The van der Waals surface area contributed by atoms with Gasteiger partial charge < -0.3 is 19.7 Å². The van der Waals surface area contributed by atoms with Crippen molar-refractivity contribution >= 4 is 17.5 Å². The molecule has 0 aromatic carbocycles. The molecule has 1 aliphatic heterocycles. The van der Waals surface area contributed by atoms with E-state index < -0.39 is 40.4 Å². The topological polar surface area (TPSA) is 113 Å². The number of allylic oxidation sites excluding steroid dienone is 2. The normalized spacial score (nSPS) is 49.6. The quantitative estimate of drug-likeness (QED) is 0.522. The van der Waals surface area contributed by atoms with E-state index in [1.807, 2.05) is 13.8 Å². The van der Waals surface area contributed by atoms with E-state index in [9.17, 15) is 24.6 Å². The summed E-state index contributed by atoms with van der Waals surface area (Å²) in [7, 11) is 0. The molecular formula is C24H30O7. The van der Waals surface area contributed by atoms with Crippen LogP contribution in [0, 0.1) is 28.6 Å². The van der Waals surface area contributed by atoms with Crippen molar-refractivity contribution in [3.8, 4) is 0 Å². The molecule has 1 heterocycles. The molecule has 1 saturated heterocycles. The Morgan fingerprint density at radius 1 is 1.32 bits per heavy atom. The summed E-state index contributed by atoms with van der Waals surface area (Å²) >= 11 is 0. The maximum Gasteiger partial charge on any atom is 0.303 e. The van der Waals surface area contributed by atoms with Crippen molar-refractivity contribution in [1.29, 1.82) is 0 Å². The van der Waals surface area contributed by atoms with E-state index in [1.165, 1.54) is 6.92 Å². The summed E-state index contributed by atoms with van der Waals surface area (Å²) in [5.74, 6) is -1.51. The summed E-state index contributed by atoms with van der Waals surface area (Å²) in [4.78, 5) is 36.4. The van der Waals surface area contributed by atoms with Crippen LogP contribution >= 0.6 is 0 Å². The molecule has 4 aliphatic carbocycles. The fourth-order valence-electron chi connectivity index (χ4n) is 7.77. The summed E-state index contributed by atoms with van der Waals surface area (Å²) in [6, 6.07) is 0. The Bertz CT molecular complexity index is 965. The number of fused-ring (bicyclic) bond motifs is 3. The van der Waals surface area contributed by atoms with E-state index in [2.05, 4.69) is 6.92 Å². The van der Waals surface area contributed by atoms with Crippen molar-refractivity contribution in [1.82, 2.24) is 0 Å². The van der Waals surface area contributed by atoms with Gasteiger partial charge in [-0.15, -0.1) is 0 Å². The largest absolute Gasteiger partial charge is 0.508 e. The van der Waals surface area contributed by atoms with Gasteiger partial charge in [0.1, 0.15) is 17.0 Å². The second-order valence-corrected chi connectivity index (χ2v) is 10.7. The molecule has 0 aromatic rings. The molecule has 2 N–H and O–H groups in total. The number of Topliss-reactive ketones (excluding diaryl/α,β-unsaturated/α-hetero) is 1. The molecule has 7 nitrogen and oxygen atoms in total. The van der Waals surface area contributed by atoms with Gasteiger partial charge in [-0.05, 0) is 43.3 Å². The first-order valence-corrected chi connectivity index (χ1v) is 11.1. The molecule has 5 aliphatic rings. The van der Waals surface area contributed by atoms with Gasteiger partial charge in [0.15, 0.2) is 12.4 Å². The highest BCUT2D eigenvalue weighted by molar-refractivity contribution is 5.93. The number of aliphatic hydroxyl groups is 2. The standard InChI is InChI=1S/C24H30O7/c1-12-7-15-16-9-18(27)17-8-14(26)5-6-21(17,3)24(16)20(31-24)10-22(15,4)23(12,29)19(28)11-30-13(2)25/h8-9,12,15-16,20,27,29H,5-7,10-11H2,1-4H3/t12-,15+,16+,20+,21+,22+,23+,24-/m1/s1. The monoisotopic (exact) mass is 430 g/mol. The van der Waals surface area contributed by atoms with Gasteiger partial charge in [-0.1, -0.05) is 20.8 Å². The molecule has 2 saturated carbocycles. The molecular weight excluding hydrogens is 400 g/mol. The van der Waals surface area contributed by atoms with Crippen LogP contribution in [0.1, 0.15) is 53.4 Å². The number of carbonyl (C=O) groups excluding carboxylic acids is 3. The van der Waals surface area contributed by atoms with Crippen molar-refractivity contribution in [3.63, 3.8) is 0 Å². The number of ether oxygens (including phenoxy) is 2. The number of hydrogen-bond acceptors (Lipinski definition) is 7. The van der Waals surface area contributed by atoms with Crippen molar-refractivity contribution in [2.45, 2.75) is 70.7 Å². The van der Waals surface area contributed by atoms with Gasteiger partial charge in [0, 0.05) is 35.7 Å². The van der Waals surface area contributed by atoms with Crippen molar-refractivity contribution < 1.29 is 34.1 Å². The summed E-state index contributed by atoms with van der Waals surface area (Å²) in [6.45, 7) is 6.66. The zero-order chi connectivity index (χ0) is 22.6. The van der Waals surface area contributed by atoms with Crippen LogP contribution in [0.2, 0.25) is 0 Å². The average molecular weight is 430 g/mol. The number of hydrogen-bond donors (Lipinski definition) is 2. The zero-order valence-electron chi connectivity index (χ0n) is 18.4. The van der Waals surface area contributed by atoms with Crippen LogP contribution in [0.5, 0.6) is 0 Å². The molecule has 0 bridgehead atoms. The molecule has 7 heteroatoms. The molecule has 5 rings (SSSR count). The van der Waals surface area contributed by atoms with Crippen LogP contribution in [0.15, 0.2) is 23.5 Å². The van der Waals surface area contributed by atoms with E-state index >= 15 is 0 Å². The fourth-order valence-corrected chi connectivity index (χ4v) is 7.77. The number of epoxide rings is 1. The van der Waals surface area contributed by atoms with E-state index in [0.29, 0.717) is 31.3 Å². The number of esters is 1. The van der Waals surface area contributed by atoms with Gasteiger partial charge in [0.05, 0.1) is 6.10 Å². The molecule has 1 spiro atoms. The van der Waals surface area contributed by atoms with Crippen LogP contribution in [-0.4, -0.2) is 51.7 Å². The second kappa shape index (κ2) is 6.07. The molecule has 31 heavy (non-hydrogen) atoms. The lowest BCUT2D eigenvalue weighted by Gasteiger charge is -2.54. The first-order chi connectivity index (χ1) is 14.4. The van der Waals surface area contributed by atoms with E-state index in [-0.39, 0.29) is 35.4 Å². The molecule has 0 aromatic heterocycles. The Hall–Kier alpha value is -1.99. The Labute approximate surface area is 181 Å². The maximum absolute atomic E-state index is 13.1. The Morgan fingerprint density at radius 2 is 2.03 bits per heavy atom. The maximum atomic E-state index is 13.1. The van der Waals surface area contributed by atoms with E-state index in [0.717, 1.165) is 0 Å². The highest BCUT2D eigenvalue weighted by atomic mass is 16.6. The van der Waals surface area contributed by atoms with Gasteiger partial charge in [-0.2, -0.15) is 0 Å². The number of ketones is 2. The second-order valence-electron chi connectivity index (χ2n) is 10.7. The molecule has 8 atom stereocenters. The molecule has 0 amide bonds. The highest BCUT2D eigenvalue weighted by Crippen LogP contribution is 2.76. The summed E-state index contributed by atoms with van der Waals surface area (Å²) in [6.07, 6.45) is 5.30. The number of aliphatic hydroxyl groups excluding tert-OH is 1. The zero-order valence-corrected chi connectivity index (χ0v) is 18.4. The minimum absolute atomic E-state index is 0.0139. The summed E-state index contributed by atoms with van der Waals surface area (Å²) in [5, 5.41) is 22.7. The van der Waals surface area contributed by atoms with Gasteiger partial charge in [-0.25, -0.2) is 0 Å². The lowest BCUT2D eigenvalue weighted by Crippen LogP contribution is -2.62. The highest BCUT2D eigenvalue weighted by Gasteiger charge is 2.82. The first-order valence-electron chi connectivity index (χ1n) is 11.1. The lowest BCUT2D eigenvalue weighted by molar-refractivity contribution is -0.169. The fraction of sp³-hybridized carbons (Fsp3) is 0.708. The van der Waals surface area contributed by atoms with Crippen LogP contribution in [0.25, 0.3) is 0 Å². The number of rotatable bonds is 3. The minimum Gasteiger partial charge on any atom is -0.508 e. The Balaban J connectivity index is 1.58. The molecule has 0 unspecified atom stereocenters. The van der Waals surface area contributed by atoms with Crippen molar-refractivity contribution in [3.05, 3.63) is 23.5 Å². The molecule has 0 radical (unpaired) electrons. The van der Waals surface area contributed by atoms with Crippen LogP contribution in [-0.2, 0) is 23.9 Å². The molecule has 3 fully saturated rings. The summed E-state index contributed by atoms with van der Waals surface area (Å²) in [5.41, 5.74) is -2.79. The van der Waals surface area contributed by atoms with Crippen LogP contribution in [0.3, 0.4) is 0 Å². The van der Waals surface area contributed by atoms with Gasteiger partial charge in [0.25, 0.3) is 0 Å². The van der Waals surface area contributed by atoms with E-state index in [4.69, 9.17) is 9.47 Å². The summed E-state index contributed by atoms with van der Waals surface area (Å²) < 4.78 is 11.4. The smallest absolute Gasteiger partial charge is 0.303 e. The van der Waals surface area contributed by atoms with Gasteiger partial charge in [-0.3, -0.25) is 14.4 Å². The van der Waals surface area contributed by atoms with Gasteiger partial charge >= 0.3 is 5.97 Å².